The van der Waals surface area contributed by atoms with E-state index >= 15 is 0 Å². The van der Waals surface area contributed by atoms with Crippen molar-refractivity contribution in [2.45, 2.75) is 31.8 Å². The normalized spacial score (nSPS) is 14.0. The highest BCUT2D eigenvalue weighted by Crippen LogP contribution is 2.27. The molecule has 2 amide bonds. The maximum absolute atomic E-state index is 12.5. The number of hydrogen-bond acceptors (Lipinski definition) is 5. The van der Waals surface area contributed by atoms with E-state index in [2.05, 4.69) is 10.6 Å². The Morgan fingerprint density at radius 3 is 2.64 bits per heavy atom. The third-order valence-electron chi connectivity index (χ3n) is 4.51. The molecule has 1 fully saturated rings. The predicted octanol–water partition coefficient (Wildman–Crippen LogP) is 5.17. The second-order valence-corrected chi connectivity index (χ2v) is 7.69. The van der Waals surface area contributed by atoms with Crippen LogP contribution in [0.3, 0.4) is 0 Å². The van der Waals surface area contributed by atoms with Gasteiger partial charge in [-0.2, -0.15) is 0 Å². The summed E-state index contributed by atoms with van der Waals surface area (Å²) < 4.78 is 11.0. The lowest BCUT2D eigenvalue weighted by Crippen LogP contribution is -2.12. The molecular weight excluding hydrogens is 376 g/mol. The molecule has 1 aliphatic carbocycles. The fourth-order valence-corrected chi connectivity index (χ4v) is 3.94. The van der Waals surface area contributed by atoms with Crippen molar-refractivity contribution in [2.24, 2.45) is 0 Å². The van der Waals surface area contributed by atoms with Crippen molar-refractivity contribution in [1.82, 2.24) is 0 Å². The van der Waals surface area contributed by atoms with Crippen LogP contribution in [0.25, 0.3) is 0 Å². The zero-order valence-corrected chi connectivity index (χ0v) is 16.0. The number of nitrogens with one attached hydrogen (secondary N) is 2. The highest BCUT2D eigenvalue weighted by Gasteiger charge is 2.17. The van der Waals surface area contributed by atoms with Crippen LogP contribution in [0.2, 0.25) is 0 Å². The molecule has 144 valence electrons. The summed E-state index contributed by atoms with van der Waals surface area (Å²) in [6, 6.07) is 14.0. The fraction of sp³-hybridized carbons (Fsp3) is 0.238. The van der Waals surface area contributed by atoms with Gasteiger partial charge in [-0.1, -0.05) is 6.07 Å². The Kier molecular flexibility index (Phi) is 5.43. The van der Waals surface area contributed by atoms with E-state index in [9.17, 15) is 9.59 Å². The smallest absolute Gasteiger partial charge is 0.291 e. The number of anilines is 2. The topological polar surface area (TPSA) is 80.6 Å². The molecule has 4 rings (SSSR count). The van der Waals surface area contributed by atoms with Crippen molar-refractivity contribution in [2.75, 3.05) is 10.6 Å². The van der Waals surface area contributed by atoms with Crippen molar-refractivity contribution in [1.29, 1.82) is 0 Å². The zero-order valence-electron chi connectivity index (χ0n) is 15.1. The summed E-state index contributed by atoms with van der Waals surface area (Å²) in [6.45, 7) is 0. The van der Waals surface area contributed by atoms with Gasteiger partial charge in [0.2, 0.25) is 0 Å². The Labute approximate surface area is 166 Å². The molecule has 0 spiro atoms. The van der Waals surface area contributed by atoms with Crippen molar-refractivity contribution >= 4 is 33.8 Å². The number of thiophene rings is 1. The molecular formula is C21H20N2O4S. The van der Waals surface area contributed by atoms with Gasteiger partial charge in [-0.05, 0) is 62.1 Å². The van der Waals surface area contributed by atoms with Gasteiger partial charge in [0.25, 0.3) is 11.8 Å². The van der Waals surface area contributed by atoms with Crippen LogP contribution in [0.15, 0.2) is 59.2 Å². The van der Waals surface area contributed by atoms with E-state index in [4.69, 9.17) is 9.15 Å². The molecule has 6 nitrogen and oxygen atoms in total. The van der Waals surface area contributed by atoms with Crippen LogP contribution in [-0.2, 0) is 0 Å². The molecule has 1 saturated carbocycles. The number of furan rings is 1. The van der Waals surface area contributed by atoms with Gasteiger partial charge in [0.05, 0.1) is 22.2 Å². The van der Waals surface area contributed by atoms with Gasteiger partial charge >= 0.3 is 0 Å². The summed E-state index contributed by atoms with van der Waals surface area (Å²) in [6.07, 6.45) is 6.28. The number of amides is 2. The Morgan fingerprint density at radius 2 is 1.86 bits per heavy atom. The summed E-state index contributed by atoms with van der Waals surface area (Å²) >= 11 is 1.20. The first-order chi connectivity index (χ1) is 13.7. The minimum atomic E-state index is -0.351. The highest BCUT2D eigenvalue weighted by molar-refractivity contribution is 7.18. The molecule has 28 heavy (non-hydrogen) atoms. The number of carbonyl (C=O) groups is 2. The van der Waals surface area contributed by atoms with Gasteiger partial charge in [0.1, 0.15) is 5.75 Å². The maximum atomic E-state index is 12.5. The molecule has 0 atom stereocenters. The Morgan fingerprint density at radius 1 is 1.00 bits per heavy atom. The zero-order chi connectivity index (χ0) is 19.3. The lowest BCUT2D eigenvalue weighted by Gasteiger charge is -2.14. The second-order valence-electron chi connectivity index (χ2n) is 6.60. The molecule has 2 N–H and O–H groups in total. The highest BCUT2D eigenvalue weighted by atomic mass is 32.1. The number of hydrogen-bond donors (Lipinski definition) is 2. The molecule has 0 unspecified atom stereocenters. The van der Waals surface area contributed by atoms with Gasteiger partial charge in [-0.15, -0.1) is 11.3 Å². The molecule has 0 bridgehead atoms. The standard InChI is InChI=1S/C21H20N2O4S/c24-20(17-9-4-12-26-17)23-19-11-10-18(28-19)21(25)22-14-5-3-8-16(13-14)27-15-6-1-2-7-15/h3-5,8-13,15H,1-2,6-7H2,(H,22,25)(H,23,24). The molecule has 7 heteroatoms. The van der Waals surface area contributed by atoms with E-state index in [1.54, 1.807) is 24.3 Å². The minimum Gasteiger partial charge on any atom is -0.490 e. The van der Waals surface area contributed by atoms with Crippen molar-refractivity contribution < 1.29 is 18.7 Å². The van der Waals surface area contributed by atoms with E-state index in [1.165, 1.54) is 30.4 Å². The third-order valence-corrected chi connectivity index (χ3v) is 5.51. The Hall–Kier alpha value is -3.06. The van der Waals surface area contributed by atoms with Crippen LogP contribution in [-0.4, -0.2) is 17.9 Å². The summed E-state index contributed by atoms with van der Waals surface area (Å²) in [7, 11) is 0. The molecule has 1 aromatic carbocycles. The molecule has 3 aromatic rings. The molecule has 1 aliphatic rings. The van der Waals surface area contributed by atoms with Crippen molar-refractivity contribution in [3.63, 3.8) is 0 Å². The van der Waals surface area contributed by atoms with Crippen LogP contribution in [0.4, 0.5) is 10.7 Å². The molecule has 0 aliphatic heterocycles. The van der Waals surface area contributed by atoms with Crippen LogP contribution in [0.1, 0.15) is 45.9 Å². The summed E-state index contributed by atoms with van der Waals surface area (Å²) in [4.78, 5) is 25.0. The molecule has 2 heterocycles. The van der Waals surface area contributed by atoms with E-state index < -0.39 is 0 Å². The van der Waals surface area contributed by atoms with Gasteiger partial charge < -0.3 is 19.8 Å². The van der Waals surface area contributed by atoms with Crippen molar-refractivity contribution in [3.05, 3.63) is 65.4 Å². The largest absolute Gasteiger partial charge is 0.490 e. The van der Waals surface area contributed by atoms with Crippen LogP contribution in [0.5, 0.6) is 5.75 Å². The van der Waals surface area contributed by atoms with E-state index in [-0.39, 0.29) is 23.7 Å². The predicted molar refractivity (Wildman–Crippen MR) is 108 cm³/mol. The molecule has 0 saturated heterocycles. The number of carbonyl (C=O) groups excluding carboxylic acids is 2. The SMILES string of the molecule is O=C(Nc1ccc(C(=O)Nc2cccc(OC3CCCC3)c2)s1)c1ccco1. The second kappa shape index (κ2) is 8.31. The average molecular weight is 396 g/mol. The maximum Gasteiger partial charge on any atom is 0.291 e. The number of benzene rings is 1. The van der Waals surface area contributed by atoms with Gasteiger partial charge in [0, 0.05) is 11.8 Å². The summed E-state index contributed by atoms with van der Waals surface area (Å²) in [5.74, 6) is 0.401. The first-order valence-corrected chi connectivity index (χ1v) is 10.0. The van der Waals surface area contributed by atoms with Crippen molar-refractivity contribution in [3.8, 4) is 5.75 Å². The fourth-order valence-electron chi connectivity index (χ4n) is 3.15. The first kappa shape index (κ1) is 18.3. The van der Waals surface area contributed by atoms with Crippen LogP contribution in [0, 0.1) is 0 Å². The van der Waals surface area contributed by atoms with E-state index in [0.29, 0.717) is 15.6 Å². The lowest BCUT2D eigenvalue weighted by molar-refractivity contribution is 0.0995. The van der Waals surface area contributed by atoms with Gasteiger partial charge in [0.15, 0.2) is 5.76 Å². The Bertz CT molecular complexity index is 958. The molecule has 0 radical (unpaired) electrons. The van der Waals surface area contributed by atoms with Crippen LogP contribution < -0.4 is 15.4 Å². The summed E-state index contributed by atoms with van der Waals surface area (Å²) in [5.41, 5.74) is 0.676. The molecule has 2 aromatic heterocycles. The van der Waals surface area contributed by atoms with Crippen LogP contribution >= 0.6 is 11.3 Å². The monoisotopic (exact) mass is 396 g/mol. The number of rotatable bonds is 6. The Balaban J connectivity index is 1.37. The van der Waals surface area contributed by atoms with Gasteiger partial charge in [-0.3, -0.25) is 9.59 Å². The van der Waals surface area contributed by atoms with E-state index in [0.717, 1.165) is 18.6 Å². The summed E-state index contributed by atoms with van der Waals surface area (Å²) in [5, 5.41) is 6.17. The van der Waals surface area contributed by atoms with E-state index in [1.807, 2.05) is 24.3 Å². The first-order valence-electron chi connectivity index (χ1n) is 9.20. The lowest BCUT2D eigenvalue weighted by atomic mass is 10.2. The average Bonchev–Trinajstić information content (AvgIpc) is 3.45. The van der Waals surface area contributed by atoms with Gasteiger partial charge in [-0.25, -0.2) is 0 Å². The third kappa shape index (κ3) is 4.43. The minimum absolute atomic E-state index is 0.221. The quantitative estimate of drug-likeness (QED) is 0.602. The number of ether oxygens (including phenoxy) is 1.